The maximum absolute atomic E-state index is 11.6. The Bertz CT molecular complexity index is 416. The number of rotatable bonds is 5. The lowest BCUT2D eigenvalue weighted by molar-refractivity contribution is -0.137. The van der Waals surface area contributed by atoms with E-state index in [1.54, 1.807) is 24.4 Å². The summed E-state index contributed by atoms with van der Waals surface area (Å²) in [7, 11) is 0. The van der Waals surface area contributed by atoms with Gasteiger partial charge in [-0.1, -0.05) is 17.8 Å². The van der Waals surface area contributed by atoms with Gasteiger partial charge in [-0.25, -0.2) is 0 Å². The van der Waals surface area contributed by atoms with Gasteiger partial charge in [0.15, 0.2) is 0 Å². The molecule has 0 aromatic carbocycles. The summed E-state index contributed by atoms with van der Waals surface area (Å²) < 4.78 is 0. The van der Waals surface area contributed by atoms with Gasteiger partial charge in [-0.2, -0.15) is 0 Å². The van der Waals surface area contributed by atoms with Crippen LogP contribution in [0.1, 0.15) is 16.6 Å². The van der Waals surface area contributed by atoms with E-state index in [0.29, 0.717) is 4.88 Å². The largest absolute Gasteiger partial charge is 0.480 e. The maximum atomic E-state index is 11.6. The minimum atomic E-state index is -1.11. The van der Waals surface area contributed by atoms with E-state index in [4.69, 9.17) is 5.11 Å². The summed E-state index contributed by atoms with van der Waals surface area (Å²) in [6.45, 7) is 1.13. The highest BCUT2D eigenvalue weighted by Gasteiger charge is 2.19. The van der Waals surface area contributed by atoms with Gasteiger partial charge in [-0.3, -0.25) is 14.4 Å². The summed E-state index contributed by atoms with van der Waals surface area (Å²) in [5, 5.41) is 11.6. The van der Waals surface area contributed by atoms with Gasteiger partial charge in [0.25, 0.3) is 0 Å². The van der Waals surface area contributed by atoms with Crippen LogP contribution in [-0.4, -0.2) is 33.9 Å². The molecule has 0 aliphatic heterocycles. The molecular weight excluding hydrogens is 262 g/mol. The molecule has 0 saturated carbocycles. The first-order chi connectivity index (χ1) is 8.00. The Labute approximate surface area is 106 Å². The summed E-state index contributed by atoms with van der Waals surface area (Å²) >= 11 is 2.19. The highest BCUT2D eigenvalue weighted by molar-refractivity contribution is 8.15. The molecule has 0 radical (unpaired) electrons. The molecule has 1 aromatic rings. The van der Waals surface area contributed by atoms with Gasteiger partial charge in [-0.15, -0.1) is 11.3 Å². The lowest BCUT2D eigenvalue weighted by atomic mass is 10.4. The van der Waals surface area contributed by atoms with E-state index in [2.05, 4.69) is 5.32 Å². The molecule has 1 aromatic heterocycles. The van der Waals surface area contributed by atoms with Crippen molar-refractivity contribution in [3.05, 3.63) is 22.4 Å². The van der Waals surface area contributed by atoms with Crippen LogP contribution in [-0.2, 0) is 9.59 Å². The molecule has 2 N–H and O–H groups in total. The van der Waals surface area contributed by atoms with Crippen molar-refractivity contribution in [3.8, 4) is 0 Å². The van der Waals surface area contributed by atoms with Gasteiger partial charge in [0.05, 0.1) is 10.1 Å². The fourth-order valence-corrected chi connectivity index (χ4v) is 2.51. The lowest BCUT2D eigenvalue weighted by Gasteiger charge is -2.08. The number of carbonyl (C=O) groups excluding carboxylic acids is 2. The standard InChI is InChI=1S/C10H11NO4S2/c1-6(9(14)11-5-8(12)13)17-10(15)7-3-2-4-16-7/h2-4,6H,5H2,1H3,(H,11,14)(H,12,13)/t6-/m0/s1. The summed E-state index contributed by atoms with van der Waals surface area (Å²) in [4.78, 5) is 33.9. The van der Waals surface area contributed by atoms with Crippen LogP contribution in [0.3, 0.4) is 0 Å². The number of carboxylic acid groups (broad SMARTS) is 1. The Morgan fingerprint density at radius 2 is 2.24 bits per heavy atom. The number of carbonyl (C=O) groups is 3. The average molecular weight is 273 g/mol. The van der Waals surface area contributed by atoms with E-state index in [-0.39, 0.29) is 5.12 Å². The van der Waals surface area contributed by atoms with Crippen molar-refractivity contribution in [2.24, 2.45) is 0 Å². The van der Waals surface area contributed by atoms with E-state index in [0.717, 1.165) is 11.8 Å². The molecule has 7 heteroatoms. The number of nitrogens with one attached hydrogen (secondary N) is 1. The fraction of sp³-hybridized carbons (Fsp3) is 0.300. The number of aliphatic carboxylic acids is 1. The second-order valence-electron chi connectivity index (χ2n) is 3.14. The van der Waals surface area contributed by atoms with Gasteiger partial charge < -0.3 is 10.4 Å². The number of amides is 1. The molecule has 0 unspecified atom stereocenters. The monoisotopic (exact) mass is 273 g/mol. The first kappa shape index (κ1) is 13.7. The Balaban J connectivity index is 2.43. The molecule has 1 rings (SSSR count). The molecular formula is C10H11NO4S2. The molecule has 0 saturated heterocycles. The number of thiophene rings is 1. The van der Waals surface area contributed by atoms with Crippen molar-refractivity contribution in [2.45, 2.75) is 12.2 Å². The Morgan fingerprint density at radius 1 is 1.53 bits per heavy atom. The number of hydrogen-bond acceptors (Lipinski definition) is 5. The molecule has 0 bridgehead atoms. The number of thioether (sulfide) groups is 1. The smallest absolute Gasteiger partial charge is 0.322 e. The van der Waals surface area contributed by atoms with Crippen LogP contribution < -0.4 is 5.32 Å². The van der Waals surface area contributed by atoms with Crippen molar-refractivity contribution < 1.29 is 19.5 Å². The van der Waals surface area contributed by atoms with Gasteiger partial charge in [0, 0.05) is 0 Å². The molecule has 0 fully saturated rings. The molecule has 0 aliphatic carbocycles. The van der Waals surface area contributed by atoms with Crippen molar-refractivity contribution in [1.29, 1.82) is 0 Å². The van der Waals surface area contributed by atoms with Gasteiger partial charge in [0.2, 0.25) is 11.0 Å². The zero-order valence-corrected chi connectivity index (χ0v) is 10.6. The predicted octanol–water partition coefficient (Wildman–Crippen LogP) is 1.21. The highest BCUT2D eigenvalue weighted by atomic mass is 32.2. The predicted molar refractivity (Wildman–Crippen MR) is 66.3 cm³/mol. The third kappa shape index (κ3) is 4.58. The Hall–Kier alpha value is -1.34. The number of hydrogen-bond donors (Lipinski definition) is 2. The van der Waals surface area contributed by atoms with Crippen LogP contribution >= 0.6 is 23.1 Å². The minimum Gasteiger partial charge on any atom is -0.480 e. The van der Waals surface area contributed by atoms with E-state index < -0.39 is 23.7 Å². The van der Waals surface area contributed by atoms with Gasteiger partial charge >= 0.3 is 5.97 Å². The lowest BCUT2D eigenvalue weighted by Crippen LogP contribution is -2.35. The molecule has 0 aliphatic rings. The van der Waals surface area contributed by atoms with Crippen LogP contribution in [0.4, 0.5) is 0 Å². The van der Waals surface area contributed by atoms with E-state index >= 15 is 0 Å². The van der Waals surface area contributed by atoms with Crippen LogP contribution in [0.2, 0.25) is 0 Å². The second kappa shape index (κ2) is 6.41. The summed E-state index contributed by atoms with van der Waals surface area (Å²) in [5.74, 6) is -1.57. The van der Waals surface area contributed by atoms with Crippen molar-refractivity contribution >= 4 is 40.1 Å². The summed E-state index contributed by atoms with van der Waals surface area (Å²) in [6, 6.07) is 3.44. The third-order valence-electron chi connectivity index (χ3n) is 1.79. The quantitative estimate of drug-likeness (QED) is 0.842. The molecule has 0 spiro atoms. The van der Waals surface area contributed by atoms with E-state index in [9.17, 15) is 14.4 Å². The summed E-state index contributed by atoms with van der Waals surface area (Å²) in [6.07, 6.45) is 0. The SMILES string of the molecule is C[C@H](SC(=O)c1cccs1)C(=O)NCC(=O)O. The van der Waals surface area contributed by atoms with Crippen molar-refractivity contribution in [1.82, 2.24) is 5.32 Å². The van der Waals surface area contributed by atoms with E-state index in [1.165, 1.54) is 11.3 Å². The first-order valence-electron chi connectivity index (χ1n) is 4.74. The second-order valence-corrected chi connectivity index (χ2v) is 5.40. The number of carboxylic acids is 1. The van der Waals surface area contributed by atoms with Crippen LogP contribution in [0.25, 0.3) is 0 Å². The summed E-state index contributed by atoms with van der Waals surface area (Å²) in [5.41, 5.74) is 0. The Kier molecular flexibility index (Phi) is 5.17. The average Bonchev–Trinajstić information content (AvgIpc) is 2.78. The molecule has 17 heavy (non-hydrogen) atoms. The maximum Gasteiger partial charge on any atom is 0.322 e. The molecule has 1 amide bonds. The molecule has 1 heterocycles. The topological polar surface area (TPSA) is 83.5 Å². The van der Waals surface area contributed by atoms with Crippen LogP contribution in [0.15, 0.2) is 17.5 Å². The first-order valence-corrected chi connectivity index (χ1v) is 6.50. The van der Waals surface area contributed by atoms with Gasteiger partial charge in [0.1, 0.15) is 6.54 Å². The normalized spacial score (nSPS) is 11.8. The fourth-order valence-electron chi connectivity index (χ4n) is 0.973. The minimum absolute atomic E-state index is 0.182. The van der Waals surface area contributed by atoms with Crippen LogP contribution in [0, 0.1) is 0 Å². The zero-order valence-electron chi connectivity index (χ0n) is 9.00. The van der Waals surface area contributed by atoms with Crippen molar-refractivity contribution in [2.75, 3.05) is 6.54 Å². The third-order valence-corrected chi connectivity index (χ3v) is 3.79. The highest BCUT2D eigenvalue weighted by Crippen LogP contribution is 2.21. The van der Waals surface area contributed by atoms with E-state index in [1.807, 2.05) is 0 Å². The molecule has 92 valence electrons. The van der Waals surface area contributed by atoms with Crippen LogP contribution in [0.5, 0.6) is 0 Å². The molecule has 1 atom stereocenters. The van der Waals surface area contributed by atoms with Crippen molar-refractivity contribution in [3.63, 3.8) is 0 Å². The zero-order chi connectivity index (χ0) is 12.8. The Morgan fingerprint density at radius 3 is 2.76 bits per heavy atom. The molecule has 5 nitrogen and oxygen atoms in total. The van der Waals surface area contributed by atoms with Gasteiger partial charge in [-0.05, 0) is 18.4 Å².